The molecule has 0 saturated carbocycles. The number of aliphatic carboxylic acids is 1. The number of carboxylic acid groups (broad SMARTS) is 1. The number of benzene rings is 5. The van der Waals surface area contributed by atoms with E-state index in [9.17, 15) is 19.8 Å². The molecule has 3 unspecified atom stereocenters. The fourth-order valence-corrected chi connectivity index (χ4v) is 6.87. The molecule has 6 rings (SSSR count). The average molecular weight is 654 g/mol. The molecule has 8 nitrogen and oxygen atoms in total. The van der Waals surface area contributed by atoms with E-state index in [2.05, 4.69) is 0 Å². The highest BCUT2D eigenvalue weighted by atomic mass is 16.4. The molecule has 5 aromatic rings. The van der Waals surface area contributed by atoms with Crippen LogP contribution < -0.4 is 0 Å². The van der Waals surface area contributed by atoms with Crippen molar-refractivity contribution in [3.63, 3.8) is 0 Å². The van der Waals surface area contributed by atoms with Gasteiger partial charge in [-0.2, -0.15) is 0 Å². The summed E-state index contributed by atoms with van der Waals surface area (Å²) in [6, 6.07) is 42.0. The van der Waals surface area contributed by atoms with Crippen LogP contribution in [0.1, 0.15) is 27.8 Å². The quantitative estimate of drug-likeness (QED) is 0.173. The maximum atomic E-state index is 15.1. The Bertz CT molecular complexity index is 1820. The average Bonchev–Trinajstić information content (AvgIpc) is 3.41. The zero-order valence-corrected chi connectivity index (χ0v) is 27.2. The summed E-state index contributed by atoms with van der Waals surface area (Å²) in [5, 5.41) is 23.7. The Labute approximate surface area is 286 Å². The molecule has 0 spiro atoms. The predicted molar refractivity (Wildman–Crippen MR) is 187 cm³/mol. The van der Waals surface area contributed by atoms with Crippen molar-refractivity contribution in [3.8, 4) is 0 Å². The van der Waals surface area contributed by atoms with Crippen LogP contribution in [0.2, 0.25) is 0 Å². The first-order valence-corrected chi connectivity index (χ1v) is 16.3. The zero-order valence-electron chi connectivity index (χ0n) is 27.2. The molecule has 0 aromatic heterocycles. The van der Waals surface area contributed by atoms with Crippen LogP contribution in [0.15, 0.2) is 152 Å². The predicted octanol–water partition coefficient (Wildman–Crippen LogP) is 5.95. The highest BCUT2D eigenvalue weighted by Crippen LogP contribution is 2.38. The minimum Gasteiger partial charge on any atom is -0.480 e. The number of carbonyl (C=O) groups excluding carboxylic acids is 2. The van der Waals surface area contributed by atoms with Gasteiger partial charge < -0.3 is 24.9 Å². The number of rotatable bonds is 12. The number of carbonyl (C=O) groups is 3. The Hall–Kier alpha value is -5.73. The molecule has 248 valence electrons. The maximum absolute atomic E-state index is 15.1. The highest BCUT2D eigenvalue weighted by molar-refractivity contribution is 5.98. The van der Waals surface area contributed by atoms with Crippen LogP contribution in [-0.4, -0.2) is 68.0 Å². The van der Waals surface area contributed by atoms with E-state index >= 15 is 4.79 Å². The number of nitrogens with zero attached hydrogens (tertiary/aromatic N) is 3. The summed E-state index contributed by atoms with van der Waals surface area (Å²) in [5.41, 5.74) is 1.82. The molecule has 3 amide bonds. The smallest absolute Gasteiger partial charge is 0.329 e. The van der Waals surface area contributed by atoms with Gasteiger partial charge in [-0.05, 0) is 34.2 Å². The Kier molecular flexibility index (Phi) is 9.87. The summed E-state index contributed by atoms with van der Waals surface area (Å²) in [7, 11) is 1.59. The Morgan fingerprint density at radius 1 is 0.633 bits per heavy atom. The molecule has 0 aliphatic carbocycles. The van der Waals surface area contributed by atoms with Crippen LogP contribution in [0.3, 0.4) is 0 Å². The minimum atomic E-state index is -1.71. The van der Waals surface area contributed by atoms with Gasteiger partial charge in [0.1, 0.15) is 11.6 Å². The van der Waals surface area contributed by atoms with E-state index in [0.717, 1.165) is 16.7 Å². The molecule has 1 heterocycles. The lowest BCUT2D eigenvalue weighted by molar-refractivity contribution is -0.150. The summed E-state index contributed by atoms with van der Waals surface area (Å²) in [6.07, 6.45) is 0.244. The lowest BCUT2D eigenvalue weighted by atomic mass is 9.77. The topological polar surface area (TPSA) is 101 Å². The van der Waals surface area contributed by atoms with Crippen LogP contribution in [0.5, 0.6) is 0 Å². The molecule has 1 aliphatic rings. The lowest BCUT2D eigenvalue weighted by Gasteiger charge is -2.44. The van der Waals surface area contributed by atoms with Gasteiger partial charge in [-0.15, -0.1) is 0 Å². The molecule has 1 fully saturated rings. The molecule has 0 radical (unpaired) electrons. The maximum Gasteiger partial charge on any atom is 0.329 e. The van der Waals surface area contributed by atoms with Gasteiger partial charge >= 0.3 is 12.0 Å². The first-order valence-electron chi connectivity index (χ1n) is 16.3. The summed E-state index contributed by atoms with van der Waals surface area (Å²) < 4.78 is 0. The van der Waals surface area contributed by atoms with E-state index in [0.29, 0.717) is 11.1 Å². The molecule has 5 aromatic carbocycles. The Balaban J connectivity index is 1.47. The summed E-state index contributed by atoms with van der Waals surface area (Å²) in [6.45, 7) is 0.0464. The largest absolute Gasteiger partial charge is 0.480 e. The minimum absolute atomic E-state index is 0.0147. The Morgan fingerprint density at radius 3 is 1.41 bits per heavy atom. The van der Waals surface area contributed by atoms with Crippen LogP contribution >= 0.6 is 0 Å². The highest BCUT2D eigenvalue weighted by Gasteiger charge is 2.55. The van der Waals surface area contributed by atoms with Crippen LogP contribution in [0.25, 0.3) is 0 Å². The van der Waals surface area contributed by atoms with Gasteiger partial charge in [0.25, 0.3) is 0 Å². The number of likely N-dealkylation sites (N-methyl/N-ethyl adjacent to an activating group) is 1. The molecular weight excluding hydrogens is 614 g/mol. The van der Waals surface area contributed by atoms with Crippen LogP contribution in [-0.2, 0) is 34.7 Å². The molecule has 1 aliphatic heterocycles. The van der Waals surface area contributed by atoms with E-state index < -0.39 is 41.6 Å². The fourth-order valence-electron chi connectivity index (χ4n) is 6.87. The number of carboxylic acids is 1. The van der Waals surface area contributed by atoms with E-state index in [4.69, 9.17) is 0 Å². The van der Waals surface area contributed by atoms with Crippen molar-refractivity contribution in [1.29, 1.82) is 0 Å². The van der Waals surface area contributed by atoms with Crippen molar-refractivity contribution in [1.82, 2.24) is 14.7 Å². The molecular formula is C41H39N3O5. The van der Waals surface area contributed by atoms with E-state index in [1.165, 1.54) is 14.7 Å². The Morgan fingerprint density at radius 2 is 1.00 bits per heavy atom. The van der Waals surface area contributed by atoms with E-state index in [-0.39, 0.29) is 19.5 Å². The van der Waals surface area contributed by atoms with Crippen LogP contribution in [0, 0.1) is 0 Å². The normalized spacial score (nSPS) is 16.7. The first-order chi connectivity index (χ1) is 23.8. The van der Waals surface area contributed by atoms with Crippen LogP contribution in [0.4, 0.5) is 4.79 Å². The third-order valence-electron chi connectivity index (χ3n) is 9.36. The van der Waals surface area contributed by atoms with Gasteiger partial charge in [-0.3, -0.25) is 4.79 Å². The zero-order chi connectivity index (χ0) is 34.4. The fraction of sp³-hybridized carbons (Fsp3) is 0.195. The number of hydrogen-bond donors (Lipinski definition) is 2. The second kappa shape index (κ2) is 14.6. The molecule has 0 bridgehead atoms. The first kappa shape index (κ1) is 33.2. The summed E-state index contributed by atoms with van der Waals surface area (Å²) in [5.74, 6) is -1.87. The molecule has 3 atom stereocenters. The second-order valence-electron chi connectivity index (χ2n) is 12.4. The van der Waals surface area contributed by atoms with Gasteiger partial charge in [-0.25, -0.2) is 9.59 Å². The lowest BCUT2D eigenvalue weighted by Crippen LogP contribution is -2.59. The number of hydrogen-bond acceptors (Lipinski definition) is 4. The third kappa shape index (κ3) is 6.82. The van der Waals surface area contributed by atoms with Crippen molar-refractivity contribution in [2.24, 2.45) is 0 Å². The SMILES string of the molecule is CN(C(=O)C1C(C(=O)O)N(Cc2ccccc2)C(=O)N1Cc1ccccc1)C(Cc1ccccc1)C(O)(c1ccccc1)c1ccccc1. The van der Waals surface area contributed by atoms with Crippen molar-refractivity contribution in [2.75, 3.05) is 7.05 Å². The van der Waals surface area contributed by atoms with Gasteiger partial charge in [0.2, 0.25) is 5.91 Å². The van der Waals surface area contributed by atoms with Gasteiger partial charge in [0.05, 0.1) is 6.04 Å². The molecule has 2 N–H and O–H groups in total. The number of aliphatic hydroxyl groups is 1. The summed E-state index contributed by atoms with van der Waals surface area (Å²) >= 11 is 0. The molecule has 1 saturated heterocycles. The van der Waals surface area contributed by atoms with Crippen molar-refractivity contribution < 1.29 is 24.6 Å². The van der Waals surface area contributed by atoms with Gasteiger partial charge in [-0.1, -0.05) is 152 Å². The number of amides is 3. The van der Waals surface area contributed by atoms with Gasteiger partial charge in [0, 0.05) is 20.1 Å². The standard InChI is InChI=1S/C41H39N3O5/c1-42(35(27-30-17-7-2-8-18-30)41(49,33-23-13-5-14-24-33)34-25-15-6-16-26-34)38(45)36-37(39(46)47)44(29-32-21-11-4-12-22-32)40(48)43(36)28-31-19-9-3-10-20-31/h2-26,35-37,49H,27-29H2,1H3,(H,46,47). The van der Waals surface area contributed by atoms with Gasteiger partial charge in [0.15, 0.2) is 6.04 Å². The monoisotopic (exact) mass is 653 g/mol. The van der Waals surface area contributed by atoms with Crippen molar-refractivity contribution in [3.05, 3.63) is 179 Å². The van der Waals surface area contributed by atoms with E-state index in [1.807, 2.05) is 152 Å². The molecule has 49 heavy (non-hydrogen) atoms. The van der Waals surface area contributed by atoms with E-state index in [1.54, 1.807) is 7.05 Å². The number of urea groups is 1. The van der Waals surface area contributed by atoms with Crippen molar-refractivity contribution in [2.45, 2.75) is 43.2 Å². The second-order valence-corrected chi connectivity index (χ2v) is 12.4. The molecule has 8 heteroatoms. The third-order valence-corrected chi connectivity index (χ3v) is 9.36. The summed E-state index contributed by atoms with van der Waals surface area (Å²) in [4.78, 5) is 46.5. The van der Waals surface area contributed by atoms with Crippen molar-refractivity contribution >= 4 is 17.9 Å².